The summed E-state index contributed by atoms with van der Waals surface area (Å²) in [5.74, 6) is 0.534. The van der Waals surface area contributed by atoms with Gasteiger partial charge in [-0.25, -0.2) is 0 Å². The van der Waals surface area contributed by atoms with Crippen molar-refractivity contribution in [2.24, 2.45) is 0 Å². The van der Waals surface area contributed by atoms with E-state index in [0.717, 1.165) is 0 Å². The maximum absolute atomic E-state index is 12.0. The number of aromatic nitrogens is 1. The third-order valence-electron chi connectivity index (χ3n) is 3.10. The molecule has 0 saturated carbocycles. The molecule has 0 spiro atoms. The quantitative estimate of drug-likeness (QED) is 0.805. The molecule has 0 amide bonds. The highest BCUT2D eigenvalue weighted by molar-refractivity contribution is 5.82. The van der Waals surface area contributed by atoms with Crippen molar-refractivity contribution in [2.45, 2.75) is 0 Å². The summed E-state index contributed by atoms with van der Waals surface area (Å²) in [6, 6.07) is 5.51. The predicted octanol–water partition coefficient (Wildman–Crippen LogP) is 1.03. The molecule has 6 nitrogen and oxygen atoms in total. The Hall–Kier alpha value is -2.08. The fourth-order valence-corrected chi connectivity index (χ4v) is 2.10. The van der Waals surface area contributed by atoms with Crippen LogP contribution in [0.5, 0.6) is 5.75 Å². The van der Waals surface area contributed by atoms with Crippen LogP contribution in [-0.2, 0) is 4.74 Å². The third-order valence-corrected chi connectivity index (χ3v) is 3.10. The lowest BCUT2D eigenvalue weighted by Gasteiger charge is -2.25. The zero-order chi connectivity index (χ0) is 13.2. The Morgan fingerprint density at radius 1 is 1.32 bits per heavy atom. The van der Waals surface area contributed by atoms with E-state index in [1.807, 2.05) is 4.90 Å². The minimum absolute atomic E-state index is 0.304. The summed E-state index contributed by atoms with van der Waals surface area (Å²) in [4.78, 5) is 17.9. The Morgan fingerprint density at radius 2 is 2.11 bits per heavy atom. The molecular weight excluding hydrogens is 248 g/mol. The minimum Gasteiger partial charge on any atom is -0.493 e. The molecule has 2 aromatic rings. The lowest BCUT2D eigenvalue weighted by atomic mass is 10.2. The van der Waals surface area contributed by atoms with Gasteiger partial charge >= 0.3 is 6.01 Å². The molecule has 0 N–H and O–H groups in total. The third kappa shape index (κ3) is 2.15. The molecule has 1 aromatic heterocycles. The van der Waals surface area contributed by atoms with Gasteiger partial charge in [0.05, 0.1) is 25.7 Å². The highest BCUT2D eigenvalue weighted by atomic mass is 16.5. The molecule has 1 aliphatic heterocycles. The maximum atomic E-state index is 12.0. The summed E-state index contributed by atoms with van der Waals surface area (Å²) in [6.45, 7) is 2.54. The molecular formula is C13H14N2O4. The van der Waals surface area contributed by atoms with Crippen LogP contribution in [0, 0.1) is 0 Å². The Balaban J connectivity index is 2.14. The van der Waals surface area contributed by atoms with Gasteiger partial charge in [0, 0.05) is 13.1 Å². The SMILES string of the molecule is COc1cccc2c(=O)nc(N3CCOCC3)oc12. The van der Waals surface area contributed by atoms with Crippen LogP contribution in [0.3, 0.4) is 0 Å². The second-order valence-corrected chi connectivity index (χ2v) is 4.24. The summed E-state index contributed by atoms with van der Waals surface area (Å²) in [7, 11) is 1.55. The second-order valence-electron chi connectivity index (χ2n) is 4.24. The molecule has 0 aliphatic carbocycles. The van der Waals surface area contributed by atoms with Crippen molar-refractivity contribution in [2.75, 3.05) is 38.3 Å². The molecule has 1 aromatic carbocycles. The predicted molar refractivity (Wildman–Crippen MR) is 69.9 cm³/mol. The highest BCUT2D eigenvalue weighted by Crippen LogP contribution is 2.26. The van der Waals surface area contributed by atoms with Crippen LogP contribution in [0.1, 0.15) is 0 Å². The number of morpholine rings is 1. The van der Waals surface area contributed by atoms with Crippen molar-refractivity contribution < 1.29 is 13.9 Å². The minimum atomic E-state index is -0.304. The number of para-hydroxylation sites is 1. The van der Waals surface area contributed by atoms with Crippen molar-refractivity contribution in [3.8, 4) is 5.75 Å². The van der Waals surface area contributed by atoms with Gasteiger partial charge in [0.1, 0.15) is 0 Å². The molecule has 1 saturated heterocycles. The molecule has 1 fully saturated rings. The van der Waals surface area contributed by atoms with Crippen molar-refractivity contribution >= 4 is 17.0 Å². The summed E-state index contributed by atoms with van der Waals surface area (Å²) in [5.41, 5.74) is 0.133. The van der Waals surface area contributed by atoms with E-state index in [1.165, 1.54) is 0 Å². The first-order valence-corrected chi connectivity index (χ1v) is 6.10. The summed E-state index contributed by atoms with van der Waals surface area (Å²) in [6.07, 6.45) is 0. The van der Waals surface area contributed by atoms with Gasteiger partial charge in [-0.15, -0.1) is 0 Å². The Bertz CT molecular complexity index is 647. The normalized spacial score (nSPS) is 15.7. The second kappa shape index (κ2) is 4.89. The number of ether oxygens (including phenoxy) is 2. The van der Waals surface area contributed by atoms with Gasteiger partial charge in [-0.1, -0.05) is 6.07 Å². The monoisotopic (exact) mass is 262 g/mol. The number of rotatable bonds is 2. The van der Waals surface area contributed by atoms with Gasteiger partial charge in [0.15, 0.2) is 11.3 Å². The zero-order valence-electron chi connectivity index (χ0n) is 10.6. The van der Waals surface area contributed by atoms with E-state index in [4.69, 9.17) is 13.9 Å². The van der Waals surface area contributed by atoms with Crippen molar-refractivity contribution in [1.82, 2.24) is 4.98 Å². The standard InChI is InChI=1S/C13H14N2O4/c1-17-10-4-2-3-9-11(10)19-13(14-12(9)16)15-5-7-18-8-6-15/h2-4H,5-8H2,1H3. The smallest absolute Gasteiger partial charge is 0.301 e. The van der Waals surface area contributed by atoms with E-state index in [0.29, 0.717) is 49.0 Å². The van der Waals surface area contributed by atoms with Gasteiger partial charge in [-0.2, -0.15) is 4.98 Å². The Morgan fingerprint density at radius 3 is 2.84 bits per heavy atom. The topological polar surface area (TPSA) is 64.8 Å². The van der Waals surface area contributed by atoms with Crippen LogP contribution in [0.15, 0.2) is 27.4 Å². The van der Waals surface area contributed by atoms with Crippen LogP contribution in [-0.4, -0.2) is 38.4 Å². The average molecular weight is 262 g/mol. The van der Waals surface area contributed by atoms with Crippen LogP contribution in [0.25, 0.3) is 11.0 Å². The molecule has 100 valence electrons. The Kier molecular flexibility index (Phi) is 3.08. The number of hydrogen-bond donors (Lipinski definition) is 0. The highest BCUT2D eigenvalue weighted by Gasteiger charge is 2.18. The van der Waals surface area contributed by atoms with Crippen LogP contribution >= 0.6 is 0 Å². The van der Waals surface area contributed by atoms with Crippen LogP contribution in [0.4, 0.5) is 6.01 Å². The maximum Gasteiger partial charge on any atom is 0.301 e. The summed E-state index contributed by atoms with van der Waals surface area (Å²) < 4.78 is 16.2. The molecule has 19 heavy (non-hydrogen) atoms. The number of nitrogens with zero attached hydrogens (tertiary/aromatic N) is 2. The zero-order valence-corrected chi connectivity index (χ0v) is 10.6. The summed E-state index contributed by atoms with van der Waals surface area (Å²) >= 11 is 0. The molecule has 2 heterocycles. The number of benzene rings is 1. The number of methoxy groups -OCH3 is 1. The van der Waals surface area contributed by atoms with Gasteiger partial charge in [-0.3, -0.25) is 4.79 Å². The van der Waals surface area contributed by atoms with E-state index in [1.54, 1.807) is 25.3 Å². The molecule has 6 heteroatoms. The summed E-state index contributed by atoms with van der Waals surface area (Å²) in [5, 5.41) is 0.427. The van der Waals surface area contributed by atoms with E-state index in [9.17, 15) is 4.79 Å². The van der Waals surface area contributed by atoms with E-state index < -0.39 is 0 Å². The first-order valence-electron chi connectivity index (χ1n) is 6.10. The van der Waals surface area contributed by atoms with Crippen LogP contribution in [0.2, 0.25) is 0 Å². The van der Waals surface area contributed by atoms with Gasteiger partial charge in [-0.05, 0) is 12.1 Å². The van der Waals surface area contributed by atoms with Crippen molar-refractivity contribution in [3.63, 3.8) is 0 Å². The van der Waals surface area contributed by atoms with E-state index in [2.05, 4.69) is 4.98 Å². The van der Waals surface area contributed by atoms with Gasteiger partial charge < -0.3 is 18.8 Å². The Labute approximate surface area is 109 Å². The fraction of sp³-hybridized carbons (Fsp3) is 0.385. The number of fused-ring (bicyclic) bond motifs is 1. The molecule has 1 aliphatic rings. The fourth-order valence-electron chi connectivity index (χ4n) is 2.10. The lowest BCUT2D eigenvalue weighted by Crippen LogP contribution is -2.37. The van der Waals surface area contributed by atoms with Gasteiger partial charge in [0.25, 0.3) is 5.56 Å². The molecule has 3 rings (SSSR count). The molecule has 0 bridgehead atoms. The lowest BCUT2D eigenvalue weighted by molar-refractivity contribution is 0.120. The average Bonchev–Trinajstić information content (AvgIpc) is 2.47. The first kappa shape index (κ1) is 12.0. The van der Waals surface area contributed by atoms with E-state index >= 15 is 0 Å². The van der Waals surface area contributed by atoms with Crippen molar-refractivity contribution in [3.05, 3.63) is 28.6 Å². The first-order chi connectivity index (χ1) is 9.29. The number of anilines is 1. The molecule has 0 atom stereocenters. The molecule has 0 radical (unpaired) electrons. The number of hydrogen-bond acceptors (Lipinski definition) is 6. The van der Waals surface area contributed by atoms with E-state index in [-0.39, 0.29) is 5.56 Å². The van der Waals surface area contributed by atoms with Crippen molar-refractivity contribution in [1.29, 1.82) is 0 Å². The van der Waals surface area contributed by atoms with Gasteiger partial charge in [0.2, 0.25) is 0 Å². The largest absolute Gasteiger partial charge is 0.493 e. The molecule has 0 unspecified atom stereocenters. The van der Waals surface area contributed by atoms with Crippen LogP contribution < -0.4 is 15.2 Å².